The van der Waals surface area contributed by atoms with E-state index in [1.54, 1.807) is 14.2 Å². The number of hydrogen-bond donors (Lipinski definition) is 1. The number of benzene rings is 2. The van der Waals surface area contributed by atoms with Gasteiger partial charge in [0.1, 0.15) is 6.07 Å². The summed E-state index contributed by atoms with van der Waals surface area (Å²) in [6, 6.07) is 15.6. The molecule has 28 heavy (non-hydrogen) atoms. The molecule has 6 nitrogen and oxygen atoms in total. The number of methoxy groups -OCH3 is 2. The zero-order chi connectivity index (χ0) is 19.9. The average molecular weight is 392 g/mol. The molecule has 0 saturated carbocycles. The molecule has 1 aromatic heterocycles. The molecule has 142 valence electrons. The first-order valence-corrected chi connectivity index (χ1v) is 9.57. The summed E-state index contributed by atoms with van der Waals surface area (Å²) in [5.41, 5.74) is 6.84. The summed E-state index contributed by atoms with van der Waals surface area (Å²) in [6.07, 6.45) is 0.977. The molecule has 1 N–H and O–H groups in total. The Hall–Kier alpha value is -3.37. The number of rotatable bonds is 7. The molecule has 1 heterocycles. The predicted molar refractivity (Wildman–Crippen MR) is 112 cm³/mol. The molecule has 0 atom stereocenters. The van der Waals surface area contributed by atoms with E-state index in [1.807, 2.05) is 47.8 Å². The van der Waals surface area contributed by atoms with E-state index in [4.69, 9.17) is 9.47 Å². The summed E-state index contributed by atoms with van der Waals surface area (Å²) in [6.45, 7) is 2.10. The lowest BCUT2D eigenvalue weighted by molar-refractivity contribution is 0.355. The van der Waals surface area contributed by atoms with Crippen molar-refractivity contribution >= 4 is 22.7 Å². The van der Waals surface area contributed by atoms with Crippen LogP contribution in [0, 0.1) is 11.3 Å². The minimum absolute atomic E-state index is 0.233. The molecule has 0 radical (unpaired) electrons. The summed E-state index contributed by atoms with van der Waals surface area (Å²) < 4.78 is 10.6. The van der Waals surface area contributed by atoms with Crippen LogP contribution in [-0.2, 0) is 6.42 Å². The van der Waals surface area contributed by atoms with Crippen LogP contribution in [0.3, 0.4) is 0 Å². The van der Waals surface area contributed by atoms with Gasteiger partial charge < -0.3 is 9.47 Å². The molecule has 0 saturated heterocycles. The highest BCUT2D eigenvalue weighted by Gasteiger charge is 2.12. The molecule has 7 heteroatoms. The number of hydrogen-bond acceptors (Lipinski definition) is 7. The van der Waals surface area contributed by atoms with Gasteiger partial charge in [0, 0.05) is 10.9 Å². The van der Waals surface area contributed by atoms with Crippen LogP contribution in [0.5, 0.6) is 11.5 Å². The van der Waals surface area contributed by atoms with Crippen LogP contribution in [-0.4, -0.2) is 24.9 Å². The zero-order valence-electron chi connectivity index (χ0n) is 15.9. The maximum absolute atomic E-state index is 9.48. The van der Waals surface area contributed by atoms with E-state index in [-0.39, 0.29) is 5.71 Å². The average Bonchev–Trinajstić information content (AvgIpc) is 3.24. The molecule has 0 unspecified atom stereocenters. The second-order valence-electron chi connectivity index (χ2n) is 5.84. The second kappa shape index (κ2) is 9.02. The third kappa shape index (κ3) is 4.30. The minimum atomic E-state index is 0.233. The summed E-state index contributed by atoms with van der Waals surface area (Å²) >= 11 is 1.37. The van der Waals surface area contributed by atoms with Gasteiger partial charge in [0.25, 0.3) is 0 Å². The largest absolute Gasteiger partial charge is 0.493 e. The third-order valence-electron chi connectivity index (χ3n) is 4.15. The number of aryl methyl sites for hydroxylation is 1. The summed E-state index contributed by atoms with van der Waals surface area (Å²) in [5, 5.41) is 16.1. The zero-order valence-corrected chi connectivity index (χ0v) is 16.7. The van der Waals surface area contributed by atoms with E-state index >= 15 is 0 Å². The molecule has 0 amide bonds. The summed E-state index contributed by atoms with van der Waals surface area (Å²) in [4.78, 5) is 4.55. The normalized spacial score (nSPS) is 11.0. The number of anilines is 1. The van der Waals surface area contributed by atoms with Crippen molar-refractivity contribution in [1.82, 2.24) is 4.98 Å². The maximum atomic E-state index is 9.48. The Labute approximate surface area is 168 Å². The van der Waals surface area contributed by atoms with E-state index in [9.17, 15) is 5.26 Å². The first-order chi connectivity index (χ1) is 13.7. The van der Waals surface area contributed by atoms with E-state index in [2.05, 4.69) is 28.5 Å². The quantitative estimate of drug-likeness (QED) is 0.464. The molecule has 0 bridgehead atoms. The molecule has 0 fully saturated rings. The predicted octanol–water partition coefficient (Wildman–Crippen LogP) is 4.73. The SMILES string of the molecule is CCc1ccc(N/N=C(\C#N)c2nc(-c3ccc(OC)c(OC)c3)cs2)cc1. The van der Waals surface area contributed by atoms with Gasteiger partial charge in [-0.05, 0) is 42.3 Å². The first-order valence-electron chi connectivity index (χ1n) is 8.69. The fourth-order valence-corrected chi connectivity index (χ4v) is 3.33. The lowest BCUT2D eigenvalue weighted by atomic mass is 10.1. The number of nitrogens with one attached hydrogen (secondary N) is 1. The molecular formula is C21H20N4O2S. The van der Waals surface area contributed by atoms with Crippen LogP contribution in [0.1, 0.15) is 17.5 Å². The van der Waals surface area contributed by atoms with Crippen LogP contribution >= 0.6 is 11.3 Å². The van der Waals surface area contributed by atoms with Crippen molar-refractivity contribution < 1.29 is 9.47 Å². The molecule has 0 spiro atoms. The van der Waals surface area contributed by atoms with Crippen molar-refractivity contribution in [3.63, 3.8) is 0 Å². The van der Waals surface area contributed by atoms with Gasteiger partial charge in [-0.3, -0.25) is 5.43 Å². The van der Waals surface area contributed by atoms with Crippen molar-refractivity contribution in [3.8, 4) is 28.8 Å². The van der Waals surface area contributed by atoms with Crippen molar-refractivity contribution in [2.45, 2.75) is 13.3 Å². The minimum Gasteiger partial charge on any atom is -0.493 e. The second-order valence-corrected chi connectivity index (χ2v) is 6.70. The van der Waals surface area contributed by atoms with Crippen LogP contribution in [0.2, 0.25) is 0 Å². The van der Waals surface area contributed by atoms with Crippen molar-refractivity contribution in [3.05, 3.63) is 58.4 Å². The number of hydrazone groups is 1. The Balaban J connectivity index is 1.81. The highest BCUT2D eigenvalue weighted by atomic mass is 32.1. The van der Waals surface area contributed by atoms with Crippen LogP contribution in [0.25, 0.3) is 11.3 Å². The number of ether oxygens (including phenoxy) is 2. The fraction of sp³-hybridized carbons (Fsp3) is 0.190. The maximum Gasteiger partial charge on any atom is 0.196 e. The van der Waals surface area contributed by atoms with Gasteiger partial charge in [0.05, 0.1) is 25.6 Å². The lowest BCUT2D eigenvalue weighted by Crippen LogP contribution is -2.01. The van der Waals surface area contributed by atoms with E-state index in [0.29, 0.717) is 16.5 Å². The summed E-state index contributed by atoms with van der Waals surface area (Å²) in [7, 11) is 3.18. The Morgan fingerprint density at radius 3 is 2.54 bits per heavy atom. The Bertz CT molecular complexity index is 1020. The van der Waals surface area contributed by atoms with Gasteiger partial charge in [-0.25, -0.2) is 4.98 Å². The number of nitriles is 1. The smallest absolute Gasteiger partial charge is 0.196 e. The van der Waals surface area contributed by atoms with Gasteiger partial charge in [-0.1, -0.05) is 19.1 Å². The van der Waals surface area contributed by atoms with Gasteiger partial charge in [-0.2, -0.15) is 10.4 Å². The van der Waals surface area contributed by atoms with Crippen LogP contribution in [0.15, 0.2) is 52.9 Å². The lowest BCUT2D eigenvalue weighted by Gasteiger charge is -2.08. The van der Waals surface area contributed by atoms with Gasteiger partial charge in [0.2, 0.25) is 0 Å². The molecule has 3 rings (SSSR count). The van der Waals surface area contributed by atoms with Crippen molar-refractivity contribution in [1.29, 1.82) is 5.26 Å². The monoisotopic (exact) mass is 392 g/mol. The topological polar surface area (TPSA) is 79.5 Å². The Morgan fingerprint density at radius 1 is 1.14 bits per heavy atom. The van der Waals surface area contributed by atoms with Gasteiger partial charge in [-0.15, -0.1) is 11.3 Å². The van der Waals surface area contributed by atoms with Crippen molar-refractivity contribution in [2.75, 3.05) is 19.6 Å². The Morgan fingerprint density at radius 2 is 1.89 bits per heavy atom. The first kappa shape index (κ1) is 19.4. The van der Waals surface area contributed by atoms with E-state index < -0.39 is 0 Å². The number of thiazole rings is 1. The molecular weight excluding hydrogens is 372 g/mol. The van der Waals surface area contributed by atoms with Crippen molar-refractivity contribution in [2.24, 2.45) is 5.10 Å². The highest BCUT2D eigenvalue weighted by molar-refractivity contribution is 7.12. The molecule has 2 aromatic carbocycles. The standard InChI is InChI=1S/C21H20N4O2S/c1-4-14-5-8-16(9-6-14)24-25-17(12-22)21-23-18(13-28-21)15-7-10-19(26-2)20(11-15)27-3/h5-11,13,24H,4H2,1-3H3/b25-17+. The Kier molecular flexibility index (Phi) is 6.25. The third-order valence-corrected chi connectivity index (χ3v) is 5.00. The van der Waals surface area contributed by atoms with E-state index in [1.165, 1.54) is 16.9 Å². The van der Waals surface area contributed by atoms with Crippen LogP contribution < -0.4 is 14.9 Å². The van der Waals surface area contributed by atoms with Gasteiger partial charge >= 0.3 is 0 Å². The molecule has 0 aliphatic carbocycles. The molecule has 0 aliphatic rings. The highest BCUT2D eigenvalue weighted by Crippen LogP contribution is 2.32. The van der Waals surface area contributed by atoms with Crippen LogP contribution in [0.4, 0.5) is 5.69 Å². The van der Waals surface area contributed by atoms with Gasteiger partial charge in [0.15, 0.2) is 22.2 Å². The number of aromatic nitrogens is 1. The molecule has 0 aliphatic heterocycles. The summed E-state index contributed by atoms with van der Waals surface area (Å²) in [5.74, 6) is 1.28. The fourth-order valence-electron chi connectivity index (χ4n) is 2.57. The van der Waals surface area contributed by atoms with E-state index in [0.717, 1.165) is 23.4 Å². The number of nitrogens with zero attached hydrogens (tertiary/aromatic N) is 3. The molecule has 3 aromatic rings.